The summed E-state index contributed by atoms with van der Waals surface area (Å²) in [5.74, 6) is 2.28. The molecule has 1 aromatic rings. The molecule has 1 saturated heterocycles. The second-order valence-electron chi connectivity index (χ2n) is 8.07. The van der Waals surface area contributed by atoms with Crippen LogP contribution in [0, 0.1) is 11.8 Å². The first-order valence-electron chi connectivity index (χ1n) is 10.3. The Morgan fingerprint density at radius 1 is 1.19 bits per heavy atom. The lowest BCUT2D eigenvalue weighted by molar-refractivity contribution is -0.134. The first-order valence-corrected chi connectivity index (χ1v) is 10.3. The monoisotopic (exact) mass is 358 g/mol. The molecular formula is C22H34N2O2. The third kappa shape index (κ3) is 5.00. The van der Waals surface area contributed by atoms with Crippen molar-refractivity contribution < 1.29 is 9.53 Å². The average molecular weight is 359 g/mol. The zero-order valence-electron chi connectivity index (χ0n) is 16.5. The molecule has 4 nitrogen and oxygen atoms in total. The Morgan fingerprint density at radius 2 is 1.96 bits per heavy atom. The molecule has 1 aromatic carbocycles. The van der Waals surface area contributed by atoms with Gasteiger partial charge in [-0.15, -0.1) is 0 Å². The number of rotatable bonds is 7. The summed E-state index contributed by atoms with van der Waals surface area (Å²) in [6.07, 6.45) is 8.15. The number of ether oxygens (including phenoxy) is 1. The van der Waals surface area contributed by atoms with Crippen LogP contribution in [-0.4, -0.2) is 56.0 Å². The molecule has 4 heteroatoms. The van der Waals surface area contributed by atoms with Crippen molar-refractivity contribution in [1.29, 1.82) is 0 Å². The molecule has 1 amide bonds. The number of likely N-dealkylation sites (tertiary alicyclic amines) is 1. The van der Waals surface area contributed by atoms with E-state index in [4.69, 9.17) is 4.74 Å². The maximum absolute atomic E-state index is 12.6. The number of amides is 1. The predicted octanol–water partition coefficient (Wildman–Crippen LogP) is 3.60. The second kappa shape index (κ2) is 9.40. The van der Waals surface area contributed by atoms with E-state index in [-0.39, 0.29) is 0 Å². The Labute approximate surface area is 158 Å². The third-order valence-corrected chi connectivity index (χ3v) is 6.11. The third-order valence-electron chi connectivity index (χ3n) is 6.11. The van der Waals surface area contributed by atoms with E-state index in [9.17, 15) is 4.79 Å². The van der Waals surface area contributed by atoms with Crippen LogP contribution in [0.25, 0.3) is 0 Å². The van der Waals surface area contributed by atoms with Crippen LogP contribution >= 0.6 is 0 Å². The Morgan fingerprint density at radius 3 is 2.73 bits per heavy atom. The molecule has 0 N–H and O–H groups in total. The van der Waals surface area contributed by atoms with Gasteiger partial charge in [0.15, 0.2) is 0 Å². The molecule has 1 aliphatic carbocycles. The molecule has 1 heterocycles. The summed E-state index contributed by atoms with van der Waals surface area (Å²) in [5, 5.41) is 0. The number of hydrogen-bond acceptors (Lipinski definition) is 3. The van der Waals surface area contributed by atoms with Gasteiger partial charge in [-0.3, -0.25) is 4.79 Å². The SMILES string of the molecule is COc1ccccc1CCN1CCC[C@H](CN(C)C(=O)C2CCCC2)C1. The summed E-state index contributed by atoms with van der Waals surface area (Å²) in [6, 6.07) is 8.31. The minimum Gasteiger partial charge on any atom is -0.496 e. The van der Waals surface area contributed by atoms with Crippen molar-refractivity contribution in [2.75, 3.05) is 40.3 Å². The minimum atomic E-state index is 0.297. The van der Waals surface area contributed by atoms with Gasteiger partial charge >= 0.3 is 0 Å². The summed E-state index contributed by atoms with van der Waals surface area (Å²) in [5.41, 5.74) is 1.28. The Kier molecular flexibility index (Phi) is 6.95. The molecule has 0 bridgehead atoms. The van der Waals surface area contributed by atoms with Crippen molar-refractivity contribution in [2.45, 2.75) is 44.9 Å². The lowest BCUT2D eigenvalue weighted by atomic mass is 9.96. The first-order chi connectivity index (χ1) is 12.7. The van der Waals surface area contributed by atoms with E-state index in [1.165, 1.54) is 37.8 Å². The standard InChI is InChI=1S/C22H34N2O2/c1-23(22(25)20-10-3-4-11-20)16-18-8-7-14-24(17-18)15-13-19-9-5-6-12-21(19)26-2/h5-6,9,12,18,20H,3-4,7-8,10-11,13-17H2,1-2H3/t18-/m1/s1. The van der Waals surface area contributed by atoms with Crippen molar-refractivity contribution in [2.24, 2.45) is 11.8 Å². The largest absolute Gasteiger partial charge is 0.496 e. The molecule has 0 aromatic heterocycles. The summed E-state index contributed by atoms with van der Waals surface area (Å²) in [6.45, 7) is 4.26. The van der Waals surface area contributed by atoms with Gasteiger partial charge in [-0.05, 0) is 56.2 Å². The average Bonchev–Trinajstić information content (AvgIpc) is 3.21. The smallest absolute Gasteiger partial charge is 0.225 e. The van der Waals surface area contributed by atoms with Crippen molar-refractivity contribution in [3.63, 3.8) is 0 Å². The molecule has 3 rings (SSSR count). The molecule has 1 aliphatic heterocycles. The van der Waals surface area contributed by atoms with E-state index in [1.54, 1.807) is 7.11 Å². The number of para-hydroxylation sites is 1. The molecule has 26 heavy (non-hydrogen) atoms. The molecule has 1 atom stereocenters. The lowest BCUT2D eigenvalue weighted by Crippen LogP contribution is -2.43. The molecule has 0 unspecified atom stereocenters. The van der Waals surface area contributed by atoms with Crippen LogP contribution in [0.5, 0.6) is 5.75 Å². The fraction of sp³-hybridized carbons (Fsp3) is 0.682. The normalized spacial score (nSPS) is 21.7. The van der Waals surface area contributed by atoms with E-state index < -0.39 is 0 Å². The van der Waals surface area contributed by atoms with Crippen LogP contribution in [0.2, 0.25) is 0 Å². The highest BCUT2D eigenvalue weighted by molar-refractivity contribution is 5.78. The summed E-state index contributed by atoms with van der Waals surface area (Å²) >= 11 is 0. The maximum Gasteiger partial charge on any atom is 0.225 e. The van der Waals surface area contributed by atoms with Crippen LogP contribution in [-0.2, 0) is 11.2 Å². The van der Waals surface area contributed by atoms with Gasteiger partial charge in [-0.1, -0.05) is 31.0 Å². The van der Waals surface area contributed by atoms with Gasteiger partial charge in [-0.2, -0.15) is 0 Å². The van der Waals surface area contributed by atoms with Gasteiger partial charge in [-0.25, -0.2) is 0 Å². The number of carbonyl (C=O) groups is 1. The number of nitrogens with zero attached hydrogens (tertiary/aromatic N) is 2. The molecule has 0 radical (unpaired) electrons. The molecule has 0 spiro atoms. The van der Waals surface area contributed by atoms with Crippen molar-refractivity contribution in [1.82, 2.24) is 9.80 Å². The molecular weight excluding hydrogens is 324 g/mol. The van der Waals surface area contributed by atoms with Gasteiger partial charge in [0.1, 0.15) is 5.75 Å². The second-order valence-corrected chi connectivity index (χ2v) is 8.07. The van der Waals surface area contributed by atoms with E-state index in [1.807, 2.05) is 24.1 Å². The molecule has 1 saturated carbocycles. The highest BCUT2D eigenvalue weighted by Crippen LogP contribution is 2.27. The number of hydrogen-bond donors (Lipinski definition) is 0. The first kappa shape index (κ1) is 19.2. The highest BCUT2D eigenvalue weighted by atomic mass is 16.5. The number of carbonyl (C=O) groups excluding carboxylic acids is 1. The summed E-state index contributed by atoms with van der Waals surface area (Å²) < 4.78 is 5.47. The highest BCUT2D eigenvalue weighted by Gasteiger charge is 2.28. The zero-order chi connectivity index (χ0) is 18.4. The molecule has 2 aliphatic rings. The number of benzene rings is 1. The van der Waals surface area contributed by atoms with Crippen molar-refractivity contribution in [3.05, 3.63) is 29.8 Å². The van der Waals surface area contributed by atoms with Gasteiger partial charge < -0.3 is 14.5 Å². The van der Waals surface area contributed by atoms with Crippen LogP contribution in [0.15, 0.2) is 24.3 Å². The predicted molar refractivity (Wildman–Crippen MR) is 105 cm³/mol. The van der Waals surface area contributed by atoms with Crippen LogP contribution in [0.1, 0.15) is 44.1 Å². The number of methoxy groups -OCH3 is 1. The van der Waals surface area contributed by atoms with E-state index >= 15 is 0 Å². The minimum absolute atomic E-state index is 0.297. The van der Waals surface area contributed by atoms with E-state index in [2.05, 4.69) is 17.0 Å². The molecule has 144 valence electrons. The fourth-order valence-electron chi connectivity index (χ4n) is 4.65. The van der Waals surface area contributed by atoms with Crippen LogP contribution in [0.4, 0.5) is 0 Å². The van der Waals surface area contributed by atoms with Crippen LogP contribution in [0.3, 0.4) is 0 Å². The topological polar surface area (TPSA) is 32.8 Å². The van der Waals surface area contributed by atoms with Crippen molar-refractivity contribution >= 4 is 5.91 Å². The van der Waals surface area contributed by atoms with Gasteiger partial charge in [0.25, 0.3) is 0 Å². The lowest BCUT2D eigenvalue weighted by Gasteiger charge is -2.35. The van der Waals surface area contributed by atoms with Crippen molar-refractivity contribution in [3.8, 4) is 5.75 Å². The Balaban J connectivity index is 1.47. The van der Waals surface area contributed by atoms with E-state index in [0.29, 0.717) is 17.7 Å². The fourth-order valence-corrected chi connectivity index (χ4v) is 4.65. The zero-order valence-corrected chi connectivity index (χ0v) is 16.5. The number of piperidine rings is 1. The Hall–Kier alpha value is -1.55. The summed E-state index contributed by atoms with van der Waals surface area (Å²) in [7, 11) is 3.75. The van der Waals surface area contributed by atoms with Gasteiger partial charge in [0.2, 0.25) is 5.91 Å². The summed E-state index contributed by atoms with van der Waals surface area (Å²) in [4.78, 5) is 17.2. The maximum atomic E-state index is 12.6. The Bertz CT molecular complexity index is 583. The van der Waals surface area contributed by atoms with Gasteiger partial charge in [0, 0.05) is 32.6 Å². The molecule has 2 fully saturated rings. The van der Waals surface area contributed by atoms with Crippen LogP contribution < -0.4 is 4.74 Å². The quantitative estimate of drug-likeness (QED) is 0.747. The van der Waals surface area contributed by atoms with E-state index in [0.717, 1.165) is 44.6 Å². The van der Waals surface area contributed by atoms with Gasteiger partial charge in [0.05, 0.1) is 7.11 Å².